The fourth-order valence-corrected chi connectivity index (χ4v) is 1.92. The van der Waals surface area contributed by atoms with Crippen molar-refractivity contribution in [3.63, 3.8) is 0 Å². The second kappa shape index (κ2) is 6.17. The zero-order chi connectivity index (χ0) is 9.52. The van der Waals surface area contributed by atoms with Gasteiger partial charge in [-0.3, -0.25) is 4.90 Å². The summed E-state index contributed by atoms with van der Waals surface area (Å²) < 4.78 is 0. The first-order valence-electron chi connectivity index (χ1n) is 5.35. The van der Waals surface area contributed by atoms with Gasteiger partial charge in [0.25, 0.3) is 0 Å². The first-order valence-corrected chi connectivity index (χ1v) is 5.35. The summed E-state index contributed by atoms with van der Waals surface area (Å²) in [6.45, 7) is 6.97. The summed E-state index contributed by atoms with van der Waals surface area (Å²) >= 11 is 0. The Morgan fingerprint density at radius 1 is 1.38 bits per heavy atom. The van der Waals surface area contributed by atoms with Gasteiger partial charge in [0, 0.05) is 6.54 Å². The van der Waals surface area contributed by atoms with Crippen LogP contribution >= 0.6 is 0 Å². The van der Waals surface area contributed by atoms with Gasteiger partial charge >= 0.3 is 0 Å². The van der Waals surface area contributed by atoms with Gasteiger partial charge in [-0.1, -0.05) is 12.2 Å². The maximum absolute atomic E-state index is 3.26. The molecule has 0 spiro atoms. The van der Waals surface area contributed by atoms with Crippen LogP contribution in [0.4, 0.5) is 0 Å². The highest BCUT2D eigenvalue weighted by atomic mass is 15.1. The van der Waals surface area contributed by atoms with Crippen LogP contribution in [0.25, 0.3) is 0 Å². The summed E-state index contributed by atoms with van der Waals surface area (Å²) in [7, 11) is 2.05. The zero-order valence-corrected chi connectivity index (χ0v) is 8.92. The van der Waals surface area contributed by atoms with Gasteiger partial charge in [-0.05, 0) is 52.4 Å². The van der Waals surface area contributed by atoms with E-state index in [9.17, 15) is 0 Å². The molecule has 2 heteroatoms. The number of nitrogens with one attached hydrogen (secondary N) is 1. The topological polar surface area (TPSA) is 15.3 Å². The summed E-state index contributed by atoms with van der Waals surface area (Å²) in [5, 5.41) is 3.26. The minimum absolute atomic E-state index is 0.909. The molecule has 0 bridgehead atoms. The molecule has 1 heterocycles. The highest BCUT2D eigenvalue weighted by molar-refractivity contribution is 4.83. The lowest BCUT2D eigenvalue weighted by molar-refractivity contribution is 0.200. The smallest absolute Gasteiger partial charge is 0.0163 e. The molecule has 0 unspecified atom stereocenters. The minimum atomic E-state index is 0.909. The summed E-state index contributed by atoms with van der Waals surface area (Å²) in [6, 6.07) is 0. The predicted molar refractivity (Wildman–Crippen MR) is 57.9 cm³/mol. The molecule has 0 aromatic rings. The Hall–Kier alpha value is -0.340. The fraction of sp³-hybridized carbons (Fsp3) is 0.818. The lowest BCUT2D eigenvalue weighted by Crippen LogP contribution is -2.36. The minimum Gasteiger partial charge on any atom is -0.319 e. The average Bonchev–Trinajstić information content (AvgIpc) is 2.17. The van der Waals surface area contributed by atoms with Crippen molar-refractivity contribution in [2.75, 3.05) is 33.2 Å². The van der Waals surface area contributed by atoms with E-state index >= 15 is 0 Å². The highest BCUT2D eigenvalue weighted by Crippen LogP contribution is 2.15. The Labute approximate surface area is 82.0 Å². The standard InChI is InChI=1S/C11H22N2/c1-3-4-7-13-8-5-11(6-9-13)10-12-2/h3-4,11-12H,5-10H2,1-2H3. The number of hydrogen-bond acceptors (Lipinski definition) is 2. The lowest BCUT2D eigenvalue weighted by Gasteiger charge is -2.30. The Kier molecular flexibility index (Phi) is 5.09. The van der Waals surface area contributed by atoms with Gasteiger partial charge in [0.05, 0.1) is 0 Å². The highest BCUT2D eigenvalue weighted by Gasteiger charge is 2.16. The van der Waals surface area contributed by atoms with Gasteiger partial charge in [0.2, 0.25) is 0 Å². The van der Waals surface area contributed by atoms with E-state index in [1.807, 2.05) is 7.05 Å². The van der Waals surface area contributed by atoms with Crippen molar-refractivity contribution in [2.24, 2.45) is 5.92 Å². The predicted octanol–water partition coefficient (Wildman–Crippen LogP) is 1.49. The van der Waals surface area contributed by atoms with Crippen molar-refractivity contribution >= 4 is 0 Å². The molecule has 1 fully saturated rings. The van der Waals surface area contributed by atoms with E-state index in [1.54, 1.807) is 0 Å². The SMILES string of the molecule is CC=CCN1CCC(CNC)CC1. The van der Waals surface area contributed by atoms with Crippen LogP contribution in [0.15, 0.2) is 12.2 Å². The molecule has 0 atom stereocenters. The van der Waals surface area contributed by atoms with Crippen molar-refractivity contribution in [2.45, 2.75) is 19.8 Å². The molecule has 2 nitrogen and oxygen atoms in total. The molecular formula is C11H22N2. The van der Waals surface area contributed by atoms with Crippen LogP contribution in [0.5, 0.6) is 0 Å². The molecule has 1 N–H and O–H groups in total. The third-order valence-electron chi connectivity index (χ3n) is 2.80. The van der Waals surface area contributed by atoms with Gasteiger partial charge in [0.15, 0.2) is 0 Å². The van der Waals surface area contributed by atoms with Crippen LogP contribution in [0.1, 0.15) is 19.8 Å². The zero-order valence-electron chi connectivity index (χ0n) is 8.92. The molecule has 0 aliphatic carbocycles. The number of allylic oxidation sites excluding steroid dienone is 1. The Morgan fingerprint density at radius 3 is 2.62 bits per heavy atom. The van der Waals surface area contributed by atoms with Crippen molar-refractivity contribution in [1.29, 1.82) is 0 Å². The first-order chi connectivity index (χ1) is 6.36. The molecule has 1 rings (SSSR count). The van der Waals surface area contributed by atoms with E-state index in [4.69, 9.17) is 0 Å². The van der Waals surface area contributed by atoms with Crippen molar-refractivity contribution in [3.05, 3.63) is 12.2 Å². The van der Waals surface area contributed by atoms with Gasteiger partial charge in [-0.2, -0.15) is 0 Å². The van der Waals surface area contributed by atoms with Crippen LogP contribution in [0.3, 0.4) is 0 Å². The summed E-state index contributed by atoms with van der Waals surface area (Å²) in [6.07, 6.45) is 7.11. The Morgan fingerprint density at radius 2 is 2.08 bits per heavy atom. The molecule has 0 radical (unpaired) electrons. The van der Waals surface area contributed by atoms with E-state index < -0.39 is 0 Å². The van der Waals surface area contributed by atoms with Gasteiger partial charge in [0.1, 0.15) is 0 Å². The van der Waals surface area contributed by atoms with E-state index in [2.05, 4.69) is 29.3 Å². The fourth-order valence-electron chi connectivity index (χ4n) is 1.92. The van der Waals surface area contributed by atoms with Crippen LogP contribution < -0.4 is 5.32 Å². The number of hydrogen-bond donors (Lipinski definition) is 1. The van der Waals surface area contributed by atoms with Gasteiger partial charge in [-0.25, -0.2) is 0 Å². The Balaban J connectivity index is 2.14. The van der Waals surface area contributed by atoms with Gasteiger partial charge < -0.3 is 5.32 Å². The first kappa shape index (κ1) is 10.7. The second-order valence-electron chi connectivity index (χ2n) is 3.87. The molecule has 1 saturated heterocycles. The number of piperidine rings is 1. The van der Waals surface area contributed by atoms with Crippen LogP contribution in [0.2, 0.25) is 0 Å². The molecule has 0 aromatic carbocycles. The molecule has 0 amide bonds. The Bertz CT molecular complexity index is 146. The molecule has 1 aliphatic rings. The van der Waals surface area contributed by atoms with E-state index in [-0.39, 0.29) is 0 Å². The average molecular weight is 182 g/mol. The third-order valence-corrected chi connectivity index (χ3v) is 2.80. The third kappa shape index (κ3) is 3.92. The number of nitrogens with zero attached hydrogens (tertiary/aromatic N) is 1. The van der Waals surface area contributed by atoms with Crippen LogP contribution in [-0.2, 0) is 0 Å². The van der Waals surface area contributed by atoms with E-state index in [0.717, 1.165) is 12.5 Å². The maximum atomic E-state index is 3.26. The molecule has 0 aromatic heterocycles. The molecule has 13 heavy (non-hydrogen) atoms. The normalized spacial score (nSPS) is 21.4. The van der Waals surface area contributed by atoms with Crippen LogP contribution in [0, 0.1) is 5.92 Å². The number of rotatable bonds is 4. The molecule has 0 saturated carbocycles. The summed E-state index contributed by atoms with van der Waals surface area (Å²) in [5.74, 6) is 0.909. The van der Waals surface area contributed by atoms with E-state index in [1.165, 1.54) is 32.5 Å². The molecule has 76 valence electrons. The van der Waals surface area contributed by atoms with Crippen molar-refractivity contribution < 1.29 is 0 Å². The monoisotopic (exact) mass is 182 g/mol. The second-order valence-corrected chi connectivity index (χ2v) is 3.87. The molecular weight excluding hydrogens is 160 g/mol. The van der Waals surface area contributed by atoms with E-state index in [0.29, 0.717) is 0 Å². The quantitative estimate of drug-likeness (QED) is 0.663. The summed E-state index contributed by atoms with van der Waals surface area (Å²) in [5.41, 5.74) is 0. The lowest BCUT2D eigenvalue weighted by atomic mass is 9.97. The molecule has 1 aliphatic heterocycles. The van der Waals surface area contributed by atoms with Crippen molar-refractivity contribution in [1.82, 2.24) is 10.2 Å². The van der Waals surface area contributed by atoms with Crippen LogP contribution in [-0.4, -0.2) is 38.1 Å². The summed E-state index contributed by atoms with van der Waals surface area (Å²) in [4.78, 5) is 2.53. The number of likely N-dealkylation sites (tertiary alicyclic amines) is 1. The van der Waals surface area contributed by atoms with Crippen molar-refractivity contribution in [3.8, 4) is 0 Å². The maximum Gasteiger partial charge on any atom is 0.0163 e. The van der Waals surface area contributed by atoms with Gasteiger partial charge in [-0.15, -0.1) is 0 Å². The largest absolute Gasteiger partial charge is 0.319 e.